The van der Waals surface area contributed by atoms with Crippen LogP contribution >= 0.6 is 0 Å². The number of hydrogen-bond donors (Lipinski definition) is 0. The number of fused-ring (bicyclic) bond motifs is 8. The van der Waals surface area contributed by atoms with Crippen LogP contribution in [0.25, 0.3) is 66.1 Å². The minimum Gasteiger partial charge on any atom is -0.455 e. The molecule has 9 aromatic rings. The second kappa shape index (κ2) is 11.4. The van der Waals surface area contributed by atoms with Gasteiger partial charge in [0, 0.05) is 33.2 Å². The van der Waals surface area contributed by atoms with Gasteiger partial charge in [0.05, 0.1) is 11.4 Å². The standard InChI is InChI=1S/C48H35NOSi/c1-51(2)45-29-28-40-39-20-10-13-23-44(39)50-48(40)47(45)41-27-26-36(31-46(41)51)49(42-21-11-8-18-37(42)33-15-4-3-5-16-33)43-22-12-9-19-38(43)35-25-24-32-14-6-7-17-34(32)30-35/h3-31H,1-2H3. The van der Waals surface area contributed by atoms with Crippen molar-refractivity contribution in [2.75, 3.05) is 4.90 Å². The molecule has 0 radical (unpaired) electrons. The SMILES string of the molecule is C[Si]1(C)c2cc(N(c3ccccc3-c3ccccc3)c3ccccc3-c3ccc4ccccc4c3)ccc2-c2c1ccc1c2oc2ccccc21. The van der Waals surface area contributed by atoms with Gasteiger partial charge in [0.2, 0.25) is 0 Å². The molecule has 1 aliphatic heterocycles. The molecule has 8 aromatic carbocycles. The lowest BCUT2D eigenvalue weighted by molar-refractivity contribution is 0.670. The Bertz CT molecular complexity index is 2790. The summed E-state index contributed by atoms with van der Waals surface area (Å²) in [7, 11) is -2.10. The van der Waals surface area contributed by atoms with E-state index in [9.17, 15) is 0 Å². The van der Waals surface area contributed by atoms with Crippen LogP contribution in [0, 0.1) is 0 Å². The van der Waals surface area contributed by atoms with Gasteiger partial charge in [-0.25, -0.2) is 0 Å². The molecule has 0 unspecified atom stereocenters. The van der Waals surface area contributed by atoms with Crippen LogP contribution in [0.5, 0.6) is 0 Å². The molecule has 0 saturated carbocycles. The van der Waals surface area contributed by atoms with Crippen molar-refractivity contribution in [2.45, 2.75) is 13.1 Å². The summed E-state index contributed by atoms with van der Waals surface area (Å²) >= 11 is 0. The molecule has 0 N–H and O–H groups in total. The van der Waals surface area contributed by atoms with E-state index in [4.69, 9.17) is 4.42 Å². The Hall–Kier alpha value is -6.16. The first-order chi connectivity index (χ1) is 25.1. The Kier molecular flexibility index (Phi) is 6.67. The van der Waals surface area contributed by atoms with Crippen LogP contribution in [0.2, 0.25) is 13.1 Å². The minimum atomic E-state index is -2.10. The third-order valence-electron chi connectivity index (χ3n) is 10.9. The number of para-hydroxylation sites is 3. The van der Waals surface area contributed by atoms with E-state index in [1.54, 1.807) is 0 Å². The maximum atomic E-state index is 6.63. The van der Waals surface area contributed by atoms with E-state index in [0.29, 0.717) is 0 Å². The quantitative estimate of drug-likeness (QED) is 0.170. The molecular weight excluding hydrogens is 635 g/mol. The molecule has 51 heavy (non-hydrogen) atoms. The van der Waals surface area contributed by atoms with Gasteiger partial charge in [0.1, 0.15) is 19.2 Å². The van der Waals surface area contributed by atoms with Crippen molar-refractivity contribution < 1.29 is 4.42 Å². The van der Waals surface area contributed by atoms with Gasteiger partial charge in [0.25, 0.3) is 0 Å². The monoisotopic (exact) mass is 669 g/mol. The van der Waals surface area contributed by atoms with E-state index in [2.05, 4.69) is 194 Å². The highest BCUT2D eigenvalue weighted by Gasteiger charge is 2.40. The lowest BCUT2D eigenvalue weighted by Crippen LogP contribution is -2.49. The zero-order valence-corrected chi connectivity index (χ0v) is 29.6. The fraction of sp³-hybridized carbons (Fsp3) is 0.0417. The average Bonchev–Trinajstić information content (AvgIpc) is 3.67. The molecule has 1 aromatic heterocycles. The highest BCUT2D eigenvalue weighted by molar-refractivity contribution is 7.04. The molecule has 3 heteroatoms. The third-order valence-corrected chi connectivity index (χ3v) is 14.4. The molecule has 0 amide bonds. The topological polar surface area (TPSA) is 16.4 Å². The Morgan fingerprint density at radius 3 is 1.92 bits per heavy atom. The van der Waals surface area contributed by atoms with Crippen molar-refractivity contribution >= 4 is 68.2 Å². The van der Waals surface area contributed by atoms with Crippen LogP contribution in [0.15, 0.2) is 180 Å². The van der Waals surface area contributed by atoms with Gasteiger partial charge in [0.15, 0.2) is 0 Å². The van der Waals surface area contributed by atoms with E-state index in [-0.39, 0.29) is 0 Å². The first kappa shape index (κ1) is 29.7. The van der Waals surface area contributed by atoms with Crippen molar-refractivity contribution in [3.63, 3.8) is 0 Å². The number of furan rings is 1. The van der Waals surface area contributed by atoms with Crippen LogP contribution in [-0.2, 0) is 0 Å². The lowest BCUT2D eigenvalue weighted by atomic mass is 9.97. The Morgan fingerprint density at radius 1 is 0.451 bits per heavy atom. The van der Waals surface area contributed by atoms with Gasteiger partial charge < -0.3 is 9.32 Å². The molecule has 10 rings (SSSR count). The fourth-order valence-corrected chi connectivity index (χ4v) is 11.4. The van der Waals surface area contributed by atoms with Crippen molar-refractivity contribution in [3.8, 4) is 33.4 Å². The van der Waals surface area contributed by atoms with Crippen molar-refractivity contribution in [3.05, 3.63) is 176 Å². The normalized spacial score (nSPS) is 13.1. The summed E-state index contributed by atoms with van der Waals surface area (Å²) in [4.78, 5) is 2.48. The predicted molar refractivity (Wildman–Crippen MR) is 219 cm³/mol. The Morgan fingerprint density at radius 2 is 1.12 bits per heavy atom. The van der Waals surface area contributed by atoms with Crippen molar-refractivity contribution in [2.24, 2.45) is 0 Å². The molecular formula is C48H35NOSi. The molecule has 0 bridgehead atoms. The van der Waals surface area contributed by atoms with Crippen LogP contribution in [-0.4, -0.2) is 8.07 Å². The number of anilines is 3. The Balaban J connectivity index is 1.22. The van der Waals surface area contributed by atoms with Crippen LogP contribution in [0.4, 0.5) is 17.1 Å². The molecule has 242 valence electrons. The number of rotatable bonds is 5. The number of hydrogen-bond acceptors (Lipinski definition) is 2. The van der Waals surface area contributed by atoms with Crippen molar-refractivity contribution in [1.82, 2.24) is 0 Å². The first-order valence-electron chi connectivity index (χ1n) is 17.7. The summed E-state index contributed by atoms with van der Waals surface area (Å²) in [5.74, 6) is 0. The molecule has 1 aliphatic rings. The summed E-state index contributed by atoms with van der Waals surface area (Å²) in [6, 6.07) is 64.1. The zero-order chi connectivity index (χ0) is 34.1. The van der Waals surface area contributed by atoms with E-state index in [1.165, 1.54) is 65.3 Å². The minimum absolute atomic E-state index is 0.944. The summed E-state index contributed by atoms with van der Waals surface area (Å²) in [6.45, 7) is 4.97. The largest absolute Gasteiger partial charge is 0.455 e. The van der Waals surface area contributed by atoms with Gasteiger partial charge >= 0.3 is 0 Å². The highest BCUT2D eigenvalue weighted by atomic mass is 28.3. The average molecular weight is 670 g/mol. The molecule has 2 nitrogen and oxygen atoms in total. The smallest absolute Gasteiger partial charge is 0.143 e. The zero-order valence-electron chi connectivity index (χ0n) is 28.6. The second-order valence-electron chi connectivity index (χ2n) is 14.1. The van der Waals surface area contributed by atoms with Crippen LogP contribution in [0.1, 0.15) is 0 Å². The van der Waals surface area contributed by atoms with Crippen LogP contribution in [0.3, 0.4) is 0 Å². The van der Waals surface area contributed by atoms with Crippen LogP contribution < -0.4 is 15.3 Å². The van der Waals surface area contributed by atoms with Gasteiger partial charge in [-0.1, -0.05) is 153 Å². The molecule has 0 saturated heterocycles. The number of benzene rings is 8. The molecule has 0 aliphatic carbocycles. The van der Waals surface area contributed by atoms with Crippen molar-refractivity contribution in [1.29, 1.82) is 0 Å². The van der Waals surface area contributed by atoms with Gasteiger partial charge in [-0.3, -0.25) is 0 Å². The van der Waals surface area contributed by atoms with E-state index in [1.807, 2.05) is 0 Å². The maximum Gasteiger partial charge on any atom is 0.143 e. The van der Waals surface area contributed by atoms with Gasteiger partial charge in [-0.2, -0.15) is 0 Å². The molecule has 0 fully saturated rings. The molecule has 0 atom stereocenters. The summed E-state index contributed by atoms with van der Waals surface area (Å²) in [5, 5.41) is 7.72. The number of nitrogens with zero attached hydrogens (tertiary/aromatic N) is 1. The Labute approximate surface area is 298 Å². The molecule has 0 spiro atoms. The summed E-state index contributed by atoms with van der Waals surface area (Å²) in [6.07, 6.45) is 0. The van der Waals surface area contributed by atoms with Gasteiger partial charge in [-0.05, 0) is 74.2 Å². The lowest BCUT2D eigenvalue weighted by Gasteiger charge is -2.31. The van der Waals surface area contributed by atoms with E-state index < -0.39 is 8.07 Å². The predicted octanol–water partition coefficient (Wildman–Crippen LogP) is 12.3. The highest BCUT2D eigenvalue weighted by Crippen LogP contribution is 2.46. The van der Waals surface area contributed by atoms with E-state index >= 15 is 0 Å². The van der Waals surface area contributed by atoms with E-state index in [0.717, 1.165) is 28.2 Å². The van der Waals surface area contributed by atoms with Gasteiger partial charge in [-0.15, -0.1) is 0 Å². The maximum absolute atomic E-state index is 6.63. The fourth-order valence-electron chi connectivity index (χ4n) is 8.34. The summed E-state index contributed by atoms with van der Waals surface area (Å²) < 4.78 is 6.63. The first-order valence-corrected chi connectivity index (χ1v) is 20.7. The third kappa shape index (κ3) is 4.62. The second-order valence-corrected chi connectivity index (χ2v) is 18.4. The molecule has 2 heterocycles. The summed E-state index contributed by atoms with van der Waals surface area (Å²) in [5.41, 5.74) is 12.7.